The van der Waals surface area contributed by atoms with E-state index >= 15 is 0 Å². The van der Waals surface area contributed by atoms with Crippen molar-refractivity contribution in [3.63, 3.8) is 0 Å². The number of aromatic carboxylic acids is 1. The van der Waals surface area contributed by atoms with Crippen LogP contribution in [0.25, 0.3) is 0 Å². The normalized spacial score (nSPS) is 10.7. The maximum atomic E-state index is 10.9. The van der Waals surface area contributed by atoms with Crippen LogP contribution in [-0.2, 0) is 0 Å². The van der Waals surface area contributed by atoms with Crippen LogP contribution in [0.4, 0.5) is 11.4 Å². The molecule has 1 aromatic rings. The Bertz CT molecular complexity index is 419. The molecule has 0 amide bonds. The highest BCUT2D eigenvalue weighted by molar-refractivity contribution is 5.94. The smallest absolute Gasteiger partial charge is 0.337 e. The van der Waals surface area contributed by atoms with Crippen molar-refractivity contribution in [1.29, 1.82) is 0 Å². The summed E-state index contributed by atoms with van der Waals surface area (Å²) in [6, 6.07) is 5.05. The molecule has 1 aromatic carbocycles. The van der Waals surface area contributed by atoms with Crippen LogP contribution in [0.1, 0.15) is 16.8 Å². The minimum Gasteiger partial charge on any atom is -0.478 e. The summed E-state index contributed by atoms with van der Waals surface area (Å²) >= 11 is 0. The molecular formula is C13H21N3O2. The van der Waals surface area contributed by atoms with Crippen LogP contribution in [0, 0.1) is 0 Å². The van der Waals surface area contributed by atoms with Gasteiger partial charge in [0.05, 0.1) is 5.56 Å². The van der Waals surface area contributed by atoms with Gasteiger partial charge in [0.2, 0.25) is 0 Å². The lowest BCUT2D eigenvalue weighted by Gasteiger charge is -2.21. The van der Waals surface area contributed by atoms with Crippen molar-refractivity contribution in [2.24, 2.45) is 0 Å². The zero-order valence-electron chi connectivity index (χ0n) is 11.2. The summed E-state index contributed by atoms with van der Waals surface area (Å²) in [5.41, 5.74) is 7.12. The van der Waals surface area contributed by atoms with Crippen LogP contribution >= 0.6 is 0 Å². The van der Waals surface area contributed by atoms with Gasteiger partial charge in [-0.1, -0.05) is 0 Å². The fourth-order valence-electron chi connectivity index (χ4n) is 1.74. The second-order valence-electron chi connectivity index (χ2n) is 4.66. The standard InChI is InChI=1S/C13H21N3O2/c1-15(2)7-4-8-16(3)10-5-6-11(13(17)18)12(14)9-10/h5-6,9H,4,7-8,14H2,1-3H3,(H,17,18). The molecule has 0 aliphatic heterocycles. The van der Waals surface area contributed by atoms with E-state index in [0.717, 1.165) is 25.2 Å². The van der Waals surface area contributed by atoms with Crippen molar-refractivity contribution >= 4 is 17.3 Å². The predicted molar refractivity (Wildman–Crippen MR) is 74.3 cm³/mol. The molecule has 0 spiro atoms. The summed E-state index contributed by atoms with van der Waals surface area (Å²) in [6.45, 7) is 1.93. The van der Waals surface area contributed by atoms with E-state index in [1.807, 2.05) is 21.1 Å². The number of nitrogens with zero attached hydrogens (tertiary/aromatic N) is 2. The van der Waals surface area contributed by atoms with E-state index in [4.69, 9.17) is 10.8 Å². The van der Waals surface area contributed by atoms with Crippen molar-refractivity contribution in [3.05, 3.63) is 23.8 Å². The molecule has 0 unspecified atom stereocenters. The molecule has 1 rings (SSSR count). The molecular weight excluding hydrogens is 230 g/mol. The zero-order valence-corrected chi connectivity index (χ0v) is 11.2. The Morgan fingerprint density at radius 3 is 2.44 bits per heavy atom. The SMILES string of the molecule is CN(C)CCCN(C)c1ccc(C(=O)O)c(N)c1. The van der Waals surface area contributed by atoms with Gasteiger partial charge in [0, 0.05) is 25.0 Å². The van der Waals surface area contributed by atoms with Crippen molar-refractivity contribution < 1.29 is 9.90 Å². The van der Waals surface area contributed by atoms with Crippen molar-refractivity contribution in [3.8, 4) is 0 Å². The van der Waals surface area contributed by atoms with Crippen LogP contribution in [0.2, 0.25) is 0 Å². The molecule has 0 heterocycles. The van der Waals surface area contributed by atoms with Crippen LogP contribution in [0.3, 0.4) is 0 Å². The number of carboxylic acid groups (broad SMARTS) is 1. The third-order valence-corrected chi connectivity index (χ3v) is 2.81. The molecule has 5 nitrogen and oxygen atoms in total. The molecule has 0 saturated carbocycles. The van der Waals surface area contributed by atoms with Gasteiger partial charge in [0.15, 0.2) is 0 Å². The Kier molecular flexibility index (Phi) is 4.97. The molecule has 18 heavy (non-hydrogen) atoms. The average Bonchev–Trinajstić information content (AvgIpc) is 2.27. The minimum atomic E-state index is -0.991. The van der Waals surface area contributed by atoms with Gasteiger partial charge in [-0.3, -0.25) is 0 Å². The van der Waals surface area contributed by atoms with Crippen LogP contribution in [0.15, 0.2) is 18.2 Å². The van der Waals surface area contributed by atoms with E-state index in [1.54, 1.807) is 18.2 Å². The van der Waals surface area contributed by atoms with Gasteiger partial charge < -0.3 is 20.6 Å². The highest BCUT2D eigenvalue weighted by atomic mass is 16.4. The Hall–Kier alpha value is -1.75. The van der Waals surface area contributed by atoms with Crippen molar-refractivity contribution in [2.45, 2.75) is 6.42 Å². The summed E-state index contributed by atoms with van der Waals surface area (Å²) in [5.74, 6) is -0.991. The van der Waals surface area contributed by atoms with E-state index < -0.39 is 5.97 Å². The minimum absolute atomic E-state index is 0.153. The fourth-order valence-corrected chi connectivity index (χ4v) is 1.74. The summed E-state index contributed by atoms with van der Waals surface area (Å²) in [6.07, 6.45) is 1.05. The molecule has 0 aliphatic carbocycles. The number of nitrogen functional groups attached to an aromatic ring is 1. The number of rotatable bonds is 6. The van der Waals surface area contributed by atoms with Gasteiger partial charge in [0.1, 0.15) is 0 Å². The number of nitrogens with two attached hydrogens (primary N) is 1. The van der Waals surface area contributed by atoms with Crippen LogP contribution < -0.4 is 10.6 Å². The molecule has 0 atom stereocenters. The number of carbonyl (C=O) groups is 1. The van der Waals surface area contributed by atoms with Crippen LogP contribution in [0.5, 0.6) is 0 Å². The predicted octanol–water partition coefficient (Wildman–Crippen LogP) is 1.35. The van der Waals surface area contributed by atoms with E-state index in [0.29, 0.717) is 5.69 Å². The summed E-state index contributed by atoms with van der Waals surface area (Å²) in [5, 5.41) is 8.90. The Morgan fingerprint density at radius 1 is 1.28 bits per heavy atom. The quantitative estimate of drug-likeness (QED) is 0.747. The maximum Gasteiger partial charge on any atom is 0.337 e. The first-order valence-electron chi connectivity index (χ1n) is 5.90. The second kappa shape index (κ2) is 6.26. The van der Waals surface area contributed by atoms with Crippen LogP contribution in [-0.4, -0.2) is 50.2 Å². The molecule has 0 saturated heterocycles. The second-order valence-corrected chi connectivity index (χ2v) is 4.66. The Morgan fingerprint density at radius 2 is 1.94 bits per heavy atom. The van der Waals surface area contributed by atoms with Gasteiger partial charge in [-0.25, -0.2) is 4.79 Å². The summed E-state index contributed by atoms with van der Waals surface area (Å²) < 4.78 is 0. The van der Waals surface area contributed by atoms with Crippen molar-refractivity contribution in [2.75, 3.05) is 44.9 Å². The molecule has 0 radical (unpaired) electrons. The first-order chi connectivity index (χ1) is 8.41. The summed E-state index contributed by atoms with van der Waals surface area (Å²) in [7, 11) is 6.06. The fraction of sp³-hybridized carbons (Fsp3) is 0.462. The first-order valence-corrected chi connectivity index (χ1v) is 5.90. The third-order valence-electron chi connectivity index (χ3n) is 2.81. The summed E-state index contributed by atoms with van der Waals surface area (Å²) in [4.78, 5) is 15.1. The van der Waals surface area contributed by atoms with E-state index in [9.17, 15) is 4.79 Å². The third kappa shape index (κ3) is 3.92. The number of benzene rings is 1. The average molecular weight is 251 g/mol. The highest BCUT2D eigenvalue weighted by Crippen LogP contribution is 2.20. The topological polar surface area (TPSA) is 69.8 Å². The largest absolute Gasteiger partial charge is 0.478 e. The highest BCUT2D eigenvalue weighted by Gasteiger charge is 2.09. The van der Waals surface area contributed by atoms with Crippen molar-refractivity contribution in [1.82, 2.24) is 4.90 Å². The van der Waals surface area contributed by atoms with Gasteiger partial charge in [-0.05, 0) is 45.3 Å². The van der Waals surface area contributed by atoms with Gasteiger partial charge in [-0.15, -0.1) is 0 Å². The number of hydrogen-bond donors (Lipinski definition) is 2. The monoisotopic (exact) mass is 251 g/mol. The first kappa shape index (κ1) is 14.3. The number of hydrogen-bond acceptors (Lipinski definition) is 4. The van der Waals surface area contributed by atoms with E-state index in [2.05, 4.69) is 9.80 Å². The molecule has 5 heteroatoms. The molecule has 0 aliphatic rings. The maximum absolute atomic E-state index is 10.9. The zero-order chi connectivity index (χ0) is 13.7. The Labute approximate surface area is 108 Å². The molecule has 0 aromatic heterocycles. The van der Waals surface area contributed by atoms with E-state index in [1.165, 1.54) is 0 Å². The lowest BCUT2D eigenvalue weighted by Crippen LogP contribution is -2.23. The lowest BCUT2D eigenvalue weighted by molar-refractivity contribution is 0.0698. The van der Waals surface area contributed by atoms with Gasteiger partial charge in [-0.2, -0.15) is 0 Å². The number of anilines is 2. The molecule has 0 fully saturated rings. The lowest BCUT2D eigenvalue weighted by atomic mass is 10.1. The molecule has 3 N–H and O–H groups in total. The van der Waals surface area contributed by atoms with Gasteiger partial charge in [0.25, 0.3) is 0 Å². The van der Waals surface area contributed by atoms with E-state index in [-0.39, 0.29) is 5.56 Å². The number of carboxylic acids is 1. The molecule has 0 bridgehead atoms. The van der Waals surface area contributed by atoms with Gasteiger partial charge >= 0.3 is 5.97 Å². The molecule has 100 valence electrons. The Balaban J connectivity index is 2.66.